The molecule has 3 unspecified atom stereocenters. The maximum Gasteiger partial charge on any atom is 0.293 e. The zero-order valence-corrected chi connectivity index (χ0v) is 8.67. The molecule has 0 aromatic carbocycles. The van der Waals surface area contributed by atoms with Crippen LogP contribution in [-0.2, 0) is 14.2 Å². The molecule has 12 heteroatoms. The van der Waals surface area contributed by atoms with Crippen molar-refractivity contribution in [1.29, 1.82) is 0 Å². The first-order valence-corrected chi connectivity index (χ1v) is 4.38. The second-order valence-electron chi connectivity index (χ2n) is 2.75. The molecule has 116 valence electrons. The predicted octanol–water partition coefficient (Wildman–Crippen LogP) is 3.00. The van der Waals surface area contributed by atoms with Gasteiger partial charge in [0.25, 0.3) is 44.8 Å². The predicted molar refractivity (Wildman–Crippen MR) is 39.7 cm³/mol. The zero-order valence-electron chi connectivity index (χ0n) is 8.67. The number of rotatable bonds is 9. The second-order valence-corrected chi connectivity index (χ2v) is 2.75. The third kappa shape index (κ3) is 7.42. The van der Waals surface area contributed by atoms with Crippen LogP contribution in [0.2, 0.25) is 0 Å². The highest BCUT2D eigenvalue weighted by atomic mass is 19.3. The smallest absolute Gasteiger partial charge is 0.289 e. The summed E-state index contributed by atoms with van der Waals surface area (Å²) >= 11 is 0. The van der Waals surface area contributed by atoms with Crippen LogP contribution in [0.4, 0.5) is 39.5 Å². The van der Waals surface area contributed by atoms with E-state index in [0.29, 0.717) is 0 Å². The van der Waals surface area contributed by atoms with Crippen molar-refractivity contribution >= 4 is 0 Å². The van der Waals surface area contributed by atoms with Gasteiger partial charge in [-0.05, 0) is 0 Å². The van der Waals surface area contributed by atoms with Gasteiger partial charge in [0.05, 0.1) is 0 Å². The van der Waals surface area contributed by atoms with Gasteiger partial charge in [0.15, 0.2) is 0 Å². The van der Waals surface area contributed by atoms with Crippen molar-refractivity contribution in [3.05, 3.63) is 0 Å². The van der Waals surface area contributed by atoms with Crippen LogP contribution in [0.1, 0.15) is 0 Å². The van der Waals surface area contributed by atoms with E-state index in [1.165, 1.54) is 0 Å². The van der Waals surface area contributed by atoms with E-state index in [2.05, 4.69) is 14.2 Å². The molecule has 0 saturated carbocycles. The van der Waals surface area contributed by atoms with Gasteiger partial charge >= 0.3 is 0 Å². The SMILES string of the molecule is FC(F)C(F)OC(OC(F)C(F)F)OC(F)C(F)F. The Bertz CT molecular complexity index is 204. The molecule has 0 aliphatic rings. The lowest BCUT2D eigenvalue weighted by Crippen LogP contribution is -2.36. The van der Waals surface area contributed by atoms with Crippen molar-refractivity contribution in [2.24, 2.45) is 0 Å². The standard InChI is InChI=1S/C7H7F9O3/c8-1(9)4(14)17-7(18-5(15)2(10)11)19-6(16)3(12)13/h1-7H. The fourth-order valence-electron chi connectivity index (χ4n) is 0.593. The van der Waals surface area contributed by atoms with E-state index in [-0.39, 0.29) is 0 Å². The molecule has 0 rings (SSSR count). The van der Waals surface area contributed by atoms with Crippen LogP contribution in [-0.4, -0.2) is 44.8 Å². The maximum absolute atomic E-state index is 12.3. The fraction of sp³-hybridized carbons (Fsp3) is 1.00. The van der Waals surface area contributed by atoms with Gasteiger partial charge in [-0.2, -0.15) is 0 Å². The molecular weight excluding hydrogens is 303 g/mol. The van der Waals surface area contributed by atoms with Crippen molar-refractivity contribution in [3.8, 4) is 0 Å². The van der Waals surface area contributed by atoms with Gasteiger partial charge in [-0.15, -0.1) is 0 Å². The Morgan fingerprint density at radius 3 is 0.789 bits per heavy atom. The topological polar surface area (TPSA) is 27.7 Å². The maximum atomic E-state index is 12.3. The minimum Gasteiger partial charge on any atom is -0.289 e. The largest absolute Gasteiger partial charge is 0.293 e. The average Bonchev–Trinajstić information content (AvgIpc) is 2.27. The summed E-state index contributed by atoms with van der Waals surface area (Å²) in [4.78, 5) is 0. The molecule has 3 atom stereocenters. The third-order valence-corrected chi connectivity index (χ3v) is 1.32. The summed E-state index contributed by atoms with van der Waals surface area (Å²) in [5, 5.41) is 0. The molecule has 0 heterocycles. The van der Waals surface area contributed by atoms with Crippen molar-refractivity contribution in [3.63, 3.8) is 0 Å². The van der Waals surface area contributed by atoms with Gasteiger partial charge in [0, 0.05) is 0 Å². The molecule has 3 nitrogen and oxygen atoms in total. The van der Waals surface area contributed by atoms with Gasteiger partial charge in [0.2, 0.25) is 0 Å². The van der Waals surface area contributed by atoms with Gasteiger partial charge in [-0.1, -0.05) is 0 Å². The van der Waals surface area contributed by atoms with Gasteiger partial charge in [-0.3, -0.25) is 14.2 Å². The summed E-state index contributed by atoms with van der Waals surface area (Å²) in [5.74, 6) is 0. The van der Waals surface area contributed by atoms with Crippen LogP contribution in [0, 0.1) is 0 Å². The molecule has 19 heavy (non-hydrogen) atoms. The zero-order chi connectivity index (χ0) is 15.2. The summed E-state index contributed by atoms with van der Waals surface area (Å²) < 4.78 is 117. The van der Waals surface area contributed by atoms with E-state index in [1.807, 2.05) is 0 Å². The number of halogens is 9. The highest BCUT2D eigenvalue weighted by Gasteiger charge is 2.34. The summed E-state index contributed by atoms with van der Waals surface area (Å²) in [6, 6.07) is 0. The van der Waals surface area contributed by atoms with Crippen LogP contribution in [0.3, 0.4) is 0 Å². The van der Waals surface area contributed by atoms with E-state index in [0.717, 1.165) is 0 Å². The van der Waals surface area contributed by atoms with E-state index in [1.54, 1.807) is 0 Å². The molecule has 0 spiro atoms. The van der Waals surface area contributed by atoms with Crippen molar-refractivity contribution in [2.75, 3.05) is 0 Å². The number of ether oxygens (including phenoxy) is 3. The first-order valence-electron chi connectivity index (χ1n) is 4.38. The monoisotopic (exact) mass is 310 g/mol. The molecule has 0 N–H and O–H groups in total. The lowest BCUT2D eigenvalue weighted by atomic mass is 10.7. The Morgan fingerprint density at radius 1 is 0.421 bits per heavy atom. The van der Waals surface area contributed by atoms with Crippen molar-refractivity contribution in [1.82, 2.24) is 0 Å². The van der Waals surface area contributed by atoms with Crippen molar-refractivity contribution in [2.45, 2.75) is 44.8 Å². The molecule has 0 aromatic rings. The quantitative estimate of drug-likeness (QED) is 0.484. The molecule has 0 fully saturated rings. The van der Waals surface area contributed by atoms with Crippen molar-refractivity contribution < 1.29 is 53.7 Å². The number of alkyl halides is 9. The Balaban J connectivity index is 4.54. The highest BCUT2D eigenvalue weighted by Crippen LogP contribution is 2.19. The lowest BCUT2D eigenvalue weighted by Gasteiger charge is -2.23. The van der Waals surface area contributed by atoms with Gasteiger partial charge in [-0.25, -0.2) is 39.5 Å². The first kappa shape index (κ1) is 18.2. The Labute approximate surface area is 99.8 Å². The minimum absolute atomic E-state index is 3.14. The van der Waals surface area contributed by atoms with Crippen LogP contribution >= 0.6 is 0 Å². The molecule has 0 aliphatic carbocycles. The van der Waals surface area contributed by atoms with Gasteiger partial charge in [0.1, 0.15) is 0 Å². The van der Waals surface area contributed by atoms with Crippen LogP contribution in [0.15, 0.2) is 0 Å². The highest BCUT2D eigenvalue weighted by molar-refractivity contribution is 4.49. The van der Waals surface area contributed by atoms with E-state index >= 15 is 0 Å². The Morgan fingerprint density at radius 2 is 0.632 bits per heavy atom. The molecule has 0 aliphatic heterocycles. The first-order chi connectivity index (χ1) is 8.65. The molecular formula is C7H7F9O3. The summed E-state index contributed by atoms with van der Waals surface area (Å²) in [6.07, 6.45) is -22.2. The van der Waals surface area contributed by atoms with E-state index in [4.69, 9.17) is 0 Å². The van der Waals surface area contributed by atoms with Crippen LogP contribution < -0.4 is 0 Å². The Hall–Kier alpha value is -0.750. The fourth-order valence-corrected chi connectivity index (χ4v) is 0.593. The second kappa shape index (κ2) is 8.43. The molecule has 0 aromatic heterocycles. The lowest BCUT2D eigenvalue weighted by molar-refractivity contribution is -0.396. The van der Waals surface area contributed by atoms with E-state index < -0.39 is 44.8 Å². The molecule has 0 bridgehead atoms. The summed E-state index contributed by atoms with van der Waals surface area (Å²) in [5.41, 5.74) is 0. The molecule has 0 saturated heterocycles. The minimum atomic E-state index is -3.84. The summed E-state index contributed by atoms with van der Waals surface area (Å²) in [6.45, 7) is -3.14. The van der Waals surface area contributed by atoms with Crippen LogP contribution in [0.25, 0.3) is 0 Å². The third-order valence-electron chi connectivity index (χ3n) is 1.32. The normalized spacial score (nSPS) is 18.9. The van der Waals surface area contributed by atoms with Gasteiger partial charge < -0.3 is 0 Å². The summed E-state index contributed by atoms with van der Waals surface area (Å²) in [7, 11) is 0. The molecule has 0 amide bonds. The average molecular weight is 310 g/mol. The molecule has 0 radical (unpaired) electrons. The number of hydrogen-bond acceptors (Lipinski definition) is 3. The number of hydrogen-bond donors (Lipinski definition) is 0. The van der Waals surface area contributed by atoms with E-state index in [9.17, 15) is 39.5 Å². The van der Waals surface area contributed by atoms with Crippen LogP contribution in [0.5, 0.6) is 0 Å². The Kier molecular flexibility index (Phi) is 8.09.